The Hall–Kier alpha value is -3.54. The molecule has 3 N–H and O–H groups in total. The van der Waals surface area contributed by atoms with Gasteiger partial charge in [0.1, 0.15) is 0 Å². The van der Waals surface area contributed by atoms with Crippen LogP contribution in [0, 0.1) is 0 Å². The normalized spacial score (nSPS) is 15.7. The zero-order valence-corrected chi connectivity index (χ0v) is 20.2. The number of nitrogens with two attached hydrogens (primary N) is 1. The van der Waals surface area contributed by atoms with Crippen molar-refractivity contribution >= 4 is 16.8 Å². The molecule has 178 valence electrons. The Kier molecular flexibility index (Phi) is 6.89. The van der Waals surface area contributed by atoms with E-state index in [1.165, 1.54) is 0 Å². The Morgan fingerprint density at radius 1 is 0.971 bits per heavy atom. The van der Waals surface area contributed by atoms with Crippen LogP contribution in [0.2, 0.25) is 0 Å². The smallest absolute Gasteiger partial charge is 0.252 e. The molecule has 1 fully saturated rings. The lowest BCUT2D eigenvalue weighted by Crippen LogP contribution is -2.39. The molecule has 4 aromatic rings. The standard InChI is InChI=1S/C30H32N4O/c1-21(22-10-4-2-5-11-22)32-30(35)28-25-14-8-9-15-27(25)33-29(23-12-6-3-7-13-23)26(28)20-34-18-16-24(31)17-19-34/h2-15,21,24H,16-20,31H2,1H3,(H,32,35)/t21-/m0/s1. The number of para-hydroxylation sites is 1. The van der Waals surface area contributed by atoms with Gasteiger partial charge >= 0.3 is 0 Å². The maximum Gasteiger partial charge on any atom is 0.252 e. The van der Waals surface area contributed by atoms with Crippen LogP contribution in [0.15, 0.2) is 84.9 Å². The molecular formula is C30H32N4O. The van der Waals surface area contributed by atoms with Crippen LogP contribution in [-0.2, 0) is 6.54 Å². The van der Waals surface area contributed by atoms with E-state index >= 15 is 0 Å². The van der Waals surface area contributed by atoms with Crippen LogP contribution in [0.25, 0.3) is 22.2 Å². The highest BCUT2D eigenvalue weighted by molar-refractivity contribution is 6.09. The molecule has 0 saturated carbocycles. The SMILES string of the molecule is C[C@H](NC(=O)c1c(CN2CCC(N)CC2)c(-c2ccccc2)nc2ccccc12)c1ccccc1. The molecule has 5 heteroatoms. The Morgan fingerprint density at radius 3 is 2.31 bits per heavy atom. The molecule has 5 rings (SSSR count). The largest absolute Gasteiger partial charge is 0.345 e. The highest BCUT2D eigenvalue weighted by atomic mass is 16.1. The predicted molar refractivity (Wildman–Crippen MR) is 142 cm³/mol. The minimum Gasteiger partial charge on any atom is -0.345 e. The number of amides is 1. The summed E-state index contributed by atoms with van der Waals surface area (Å²) in [6, 6.07) is 28.4. The first kappa shape index (κ1) is 23.2. The molecule has 0 bridgehead atoms. The van der Waals surface area contributed by atoms with Crippen LogP contribution in [0.5, 0.6) is 0 Å². The lowest BCUT2D eigenvalue weighted by Gasteiger charge is -2.31. The second kappa shape index (κ2) is 10.4. The minimum atomic E-state index is -0.114. The maximum atomic E-state index is 14.0. The second-order valence-corrected chi connectivity index (χ2v) is 9.42. The number of nitrogens with one attached hydrogen (secondary N) is 1. The minimum absolute atomic E-state index is 0.0687. The number of hydrogen-bond acceptors (Lipinski definition) is 4. The van der Waals surface area contributed by atoms with E-state index in [-0.39, 0.29) is 18.0 Å². The van der Waals surface area contributed by atoms with Gasteiger partial charge in [0, 0.05) is 29.1 Å². The molecule has 3 aromatic carbocycles. The van der Waals surface area contributed by atoms with Gasteiger partial charge in [0.15, 0.2) is 0 Å². The van der Waals surface area contributed by atoms with E-state index < -0.39 is 0 Å². The fourth-order valence-electron chi connectivity index (χ4n) is 4.93. The van der Waals surface area contributed by atoms with Gasteiger partial charge in [-0.25, -0.2) is 4.98 Å². The van der Waals surface area contributed by atoms with Gasteiger partial charge in [-0.2, -0.15) is 0 Å². The average Bonchev–Trinajstić information content (AvgIpc) is 2.90. The summed E-state index contributed by atoms with van der Waals surface area (Å²) in [5, 5.41) is 4.15. The summed E-state index contributed by atoms with van der Waals surface area (Å²) in [5.41, 5.74) is 11.7. The van der Waals surface area contributed by atoms with Crippen molar-refractivity contribution in [1.82, 2.24) is 15.2 Å². The monoisotopic (exact) mass is 464 g/mol. The number of fused-ring (bicyclic) bond motifs is 1. The van der Waals surface area contributed by atoms with E-state index in [1.54, 1.807) is 0 Å². The summed E-state index contributed by atoms with van der Waals surface area (Å²) in [5.74, 6) is -0.0687. The molecule has 1 aromatic heterocycles. The van der Waals surface area contributed by atoms with Crippen molar-refractivity contribution in [3.8, 4) is 11.3 Å². The van der Waals surface area contributed by atoms with Crippen LogP contribution in [0.4, 0.5) is 0 Å². The molecule has 2 heterocycles. The van der Waals surface area contributed by atoms with Crippen molar-refractivity contribution in [3.05, 3.63) is 102 Å². The van der Waals surface area contributed by atoms with Crippen molar-refractivity contribution in [1.29, 1.82) is 0 Å². The summed E-state index contributed by atoms with van der Waals surface area (Å²) < 4.78 is 0. The number of nitrogens with zero attached hydrogens (tertiary/aromatic N) is 2. The van der Waals surface area contributed by atoms with E-state index in [0.717, 1.165) is 59.2 Å². The molecule has 1 aliphatic heterocycles. The third-order valence-corrected chi connectivity index (χ3v) is 6.93. The Balaban J connectivity index is 1.63. The second-order valence-electron chi connectivity index (χ2n) is 9.42. The van der Waals surface area contributed by atoms with Crippen molar-refractivity contribution in [3.63, 3.8) is 0 Å². The summed E-state index contributed by atoms with van der Waals surface area (Å²) in [4.78, 5) is 21.4. The van der Waals surface area contributed by atoms with Crippen LogP contribution in [-0.4, -0.2) is 34.9 Å². The van der Waals surface area contributed by atoms with Gasteiger partial charge < -0.3 is 11.1 Å². The summed E-state index contributed by atoms with van der Waals surface area (Å²) in [6.07, 6.45) is 1.93. The number of piperidine rings is 1. The van der Waals surface area contributed by atoms with Gasteiger partial charge in [-0.05, 0) is 44.5 Å². The zero-order chi connectivity index (χ0) is 24.2. The van der Waals surface area contributed by atoms with Crippen molar-refractivity contribution in [2.75, 3.05) is 13.1 Å². The maximum absolute atomic E-state index is 14.0. The molecule has 1 atom stereocenters. The van der Waals surface area contributed by atoms with E-state index in [0.29, 0.717) is 12.1 Å². The molecule has 1 amide bonds. The number of rotatable bonds is 6. The highest BCUT2D eigenvalue weighted by Gasteiger charge is 2.26. The number of carbonyl (C=O) groups is 1. The van der Waals surface area contributed by atoms with E-state index in [2.05, 4.69) is 22.3 Å². The molecular weight excluding hydrogens is 432 g/mol. The number of benzene rings is 3. The summed E-state index contributed by atoms with van der Waals surface area (Å²) >= 11 is 0. The molecule has 1 saturated heterocycles. The van der Waals surface area contributed by atoms with Gasteiger partial charge in [0.2, 0.25) is 0 Å². The van der Waals surface area contributed by atoms with Crippen LogP contribution in [0.1, 0.15) is 47.3 Å². The number of carbonyl (C=O) groups excluding carboxylic acids is 1. The lowest BCUT2D eigenvalue weighted by atomic mass is 9.94. The van der Waals surface area contributed by atoms with Gasteiger partial charge in [-0.15, -0.1) is 0 Å². The molecule has 5 nitrogen and oxygen atoms in total. The summed E-state index contributed by atoms with van der Waals surface area (Å²) in [7, 11) is 0. The average molecular weight is 465 g/mol. The first-order valence-electron chi connectivity index (χ1n) is 12.4. The number of aromatic nitrogens is 1. The quantitative estimate of drug-likeness (QED) is 0.405. The molecule has 0 spiro atoms. The van der Waals surface area contributed by atoms with Crippen molar-refractivity contribution < 1.29 is 4.79 Å². The Labute approximate surface area is 207 Å². The lowest BCUT2D eigenvalue weighted by molar-refractivity contribution is 0.0939. The van der Waals surface area contributed by atoms with E-state index in [1.807, 2.05) is 79.7 Å². The molecule has 35 heavy (non-hydrogen) atoms. The third kappa shape index (κ3) is 5.11. The van der Waals surface area contributed by atoms with Crippen LogP contribution < -0.4 is 11.1 Å². The topological polar surface area (TPSA) is 71.2 Å². The number of likely N-dealkylation sites (tertiary alicyclic amines) is 1. The van der Waals surface area contributed by atoms with Gasteiger partial charge in [-0.1, -0.05) is 78.9 Å². The highest BCUT2D eigenvalue weighted by Crippen LogP contribution is 2.32. The molecule has 1 aliphatic rings. The van der Waals surface area contributed by atoms with E-state index in [4.69, 9.17) is 10.7 Å². The van der Waals surface area contributed by atoms with Crippen molar-refractivity contribution in [2.45, 2.75) is 38.4 Å². The predicted octanol–water partition coefficient (Wildman–Crippen LogP) is 5.32. The Bertz CT molecular complexity index is 1300. The molecule has 0 unspecified atom stereocenters. The first-order chi connectivity index (χ1) is 17.1. The summed E-state index contributed by atoms with van der Waals surface area (Å²) in [6.45, 7) is 4.53. The fourth-order valence-corrected chi connectivity index (χ4v) is 4.93. The zero-order valence-electron chi connectivity index (χ0n) is 20.2. The number of hydrogen-bond donors (Lipinski definition) is 2. The van der Waals surface area contributed by atoms with Crippen molar-refractivity contribution in [2.24, 2.45) is 5.73 Å². The first-order valence-corrected chi connectivity index (χ1v) is 12.4. The van der Waals surface area contributed by atoms with Crippen LogP contribution in [0.3, 0.4) is 0 Å². The number of pyridine rings is 1. The molecule has 0 aliphatic carbocycles. The fraction of sp³-hybridized carbons (Fsp3) is 0.267. The third-order valence-electron chi connectivity index (χ3n) is 6.93. The van der Waals surface area contributed by atoms with Gasteiger partial charge in [0.05, 0.1) is 22.8 Å². The molecule has 0 radical (unpaired) electrons. The van der Waals surface area contributed by atoms with Crippen LogP contribution >= 0.6 is 0 Å². The van der Waals surface area contributed by atoms with Gasteiger partial charge in [0.25, 0.3) is 5.91 Å². The van der Waals surface area contributed by atoms with E-state index in [9.17, 15) is 4.79 Å². The Morgan fingerprint density at radius 2 is 1.60 bits per heavy atom. The van der Waals surface area contributed by atoms with Gasteiger partial charge in [-0.3, -0.25) is 9.69 Å².